The number of hydrogen-bond donors (Lipinski definition) is 2. The molecule has 0 saturated heterocycles. The van der Waals surface area contributed by atoms with Gasteiger partial charge in [0.2, 0.25) is 0 Å². The smallest absolute Gasteiger partial charge is 0.356 e. The third-order valence-electron chi connectivity index (χ3n) is 2.57. The van der Waals surface area contributed by atoms with Crippen molar-refractivity contribution in [2.24, 2.45) is 5.92 Å². The molecule has 6 heteroatoms. The summed E-state index contributed by atoms with van der Waals surface area (Å²) in [6, 6.07) is 0.368. The Bertz CT molecular complexity index is 423. The highest BCUT2D eigenvalue weighted by Gasteiger charge is 2.33. The second-order valence-electron chi connectivity index (χ2n) is 4.02. The van der Waals surface area contributed by atoms with E-state index in [-0.39, 0.29) is 16.4 Å². The molecule has 2 N–H and O–H groups in total. The summed E-state index contributed by atoms with van der Waals surface area (Å²) in [4.78, 5) is 26.2. The molecular formula is C10H12N2O3S. The van der Waals surface area contributed by atoms with Gasteiger partial charge in [-0.3, -0.25) is 4.79 Å². The molecule has 0 aliphatic heterocycles. The molecular weight excluding hydrogens is 228 g/mol. The van der Waals surface area contributed by atoms with Gasteiger partial charge in [-0.1, -0.05) is 18.3 Å². The molecule has 0 aromatic carbocycles. The highest BCUT2D eigenvalue weighted by molar-refractivity contribution is 7.17. The molecule has 16 heavy (non-hydrogen) atoms. The summed E-state index contributed by atoms with van der Waals surface area (Å²) in [7, 11) is 0. The number of aromatic nitrogens is 1. The molecule has 1 aromatic rings. The number of carboxylic acid groups (broad SMARTS) is 1. The van der Waals surface area contributed by atoms with Crippen LogP contribution in [-0.4, -0.2) is 27.9 Å². The topological polar surface area (TPSA) is 79.3 Å². The molecule has 1 fully saturated rings. The van der Waals surface area contributed by atoms with Gasteiger partial charge in [-0.05, 0) is 12.3 Å². The minimum absolute atomic E-state index is 0.145. The van der Waals surface area contributed by atoms with Crippen LogP contribution in [0.15, 0.2) is 0 Å². The molecule has 0 radical (unpaired) electrons. The lowest BCUT2D eigenvalue weighted by Crippen LogP contribution is -2.05. The van der Waals surface area contributed by atoms with Crippen molar-refractivity contribution in [3.8, 4) is 0 Å². The zero-order chi connectivity index (χ0) is 11.9. The van der Waals surface area contributed by atoms with E-state index in [9.17, 15) is 9.59 Å². The Balaban J connectivity index is 2.24. The lowest BCUT2D eigenvalue weighted by Gasteiger charge is -1.97. The van der Waals surface area contributed by atoms with Gasteiger partial charge in [-0.2, -0.15) is 0 Å². The van der Waals surface area contributed by atoms with Gasteiger partial charge >= 0.3 is 5.97 Å². The third kappa shape index (κ3) is 2.06. The maximum Gasteiger partial charge on any atom is 0.356 e. The Morgan fingerprint density at radius 2 is 2.19 bits per heavy atom. The first-order valence-corrected chi connectivity index (χ1v) is 5.82. The van der Waals surface area contributed by atoms with Crippen molar-refractivity contribution in [1.82, 2.24) is 4.98 Å². The fourth-order valence-electron chi connectivity index (χ4n) is 1.45. The molecule has 1 aromatic heterocycles. The molecule has 5 nitrogen and oxygen atoms in total. The monoisotopic (exact) mass is 240 g/mol. The van der Waals surface area contributed by atoms with E-state index < -0.39 is 5.97 Å². The lowest BCUT2D eigenvalue weighted by molar-refractivity contribution is 0.0687. The van der Waals surface area contributed by atoms with E-state index in [1.807, 2.05) is 0 Å². The van der Waals surface area contributed by atoms with E-state index in [1.165, 1.54) is 6.92 Å². The summed E-state index contributed by atoms with van der Waals surface area (Å²) < 4.78 is 0. The van der Waals surface area contributed by atoms with Crippen LogP contribution in [0.25, 0.3) is 0 Å². The molecule has 1 heterocycles. The number of carbonyl (C=O) groups excluding carboxylic acids is 1. The van der Waals surface area contributed by atoms with Crippen LogP contribution in [0, 0.1) is 5.92 Å². The first-order valence-electron chi connectivity index (χ1n) is 5.00. The quantitative estimate of drug-likeness (QED) is 0.785. The molecule has 1 aliphatic rings. The van der Waals surface area contributed by atoms with E-state index in [2.05, 4.69) is 17.2 Å². The van der Waals surface area contributed by atoms with Gasteiger partial charge in [-0.15, -0.1) is 0 Å². The average Bonchev–Trinajstić information content (AvgIpc) is 2.73. The molecule has 1 saturated carbocycles. The summed E-state index contributed by atoms with van der Waals surface area (Å²) in [5, 5.41) is 12.5. The number of nitrogens with one attached hydrogen (secondary N) is 1. The Hall–Kier alpha value is -1.43. The second kappa shape index (κ2) is 3.86. The Morgan fingerprint density at radius 1 is 1.56 bits per heavy atom. The maximum atomic E-state index is 11.2. The van der Waals surface area contributed by atoms with Crippen molar-refractivity contribution < 1.29 is 14.7 Å². The zero-order valence-corrected chi connectivity index (χ0v) is 9.80. The predicted octanol–water partition coefficient (Wildman–Crippen LogP) is 1.86. The van der Waals surface area contributed by atoms with Crippen LogP contribution < -0.4 is 5.32 Å². The second-order valence-corrected chi connectivity index (χ2v) is 5.02. The standard InChI is InChI=1S/C10H12N2O3S/c1-4-3-6(4)11-10-12-7(9(14)15)8(16-10)5(2)13/h4,6H,3H2,1-2H3,(H,11,12)(H,14,15). The Morgan fingerprint density at radius 3 is 2.56 bits per heavy atom. The number of thiazole rings is 1. The van der Waals surface area contributed by atoms with Crippen LogP contribution in [0.5, 0.6) is 0 Å². The van der Waals surface area contributed by atoms with Gasteiger partial charge in [0.25, 0.3) is 0 Å². The van der Waals surface area contributed by atoms with Crippen molar-refractivity contribution in [3.05, 3.63) is 10.6 Å². The number of anilines is 1. The van der Waals surface area contributed by atoms with Crippen LogP contribution in [0.2, 0.25) is 0 Å². The molecule has 2 unspecified atom stereocenters. The van der Waals surface area contributed by atoms with Gasteiger partial charge in [-0.25, -0.2) is 9.78 Å². The number of hydrogen-bond acceptors (Lipinski definition) is 5. The largest absolute Gasteiger partial charge is 0.476 e. The predicted molar refractivity (Wildman–Crippen MR) is 60.3 cm³/mol. The SMILES string of the molecule is CC(=O)c1sc(NC2CC2C)nc1C(=O)O. The molecule has 0 amide bonds. The van der Waals surface area contributed by atoms with Crippen molar-refractivity contribution in [3.63, 3.8) is 0 Å². The van der Waals surface area contributed by atoms with Crippen molar-refractivity contribution in [1.29, 1.82) is 0 Å². The number of carboxylic acids is 1. The minimum Gasteiger partial charge on any atom is -0.476 e. The number of carbonyl (C=O) groups is 2. The van der Waals surface area contributed by atoms with Gasteiger partial charge in [0, 0.05) is 13.0 Å². The average molecular weight is 240 g/mol. The Kier molecular flexibility index (Phi) is 2.67. The maximum absolute atomic E-state index is 11.2. The number of Topliss-reactive ketones (excluding diaryl/α,β-unsaturated/α-hetero) is 1. The summed E-state index contributed by atoms with van der Waals surface area (Å²) in [5.41, 5.74) is -0.145. The van der Waals surface area contributed by atoms with E-state index in [1.54, 1.807) is 0 Å². The fourth-order valence-corrected chi connectivity index (χ4v) is 2.36. The zero-order valence-electron chi connectivity index (χ0n) is 8.98. The molecule has 2 rings (SSSR count). The lowest BCUT2D eigenvalue weighted by atomic mass is 10.3. The van der Waals surface area contributed by atoms with Crippen molar-refractivity contribution >= 4 is 28.2 Å². The molecule has 0 bridgehead atoms. The van der Waals surface area contributed by atoms with Crippen LogP contribution in [0.1, 0.15) is 40.4 Å². The normalized spacial score (nSPS) is 22.9. The summed E-state index contributed by atoms with van der Waals surface area (Å²) in [6.45, 7) is 3.46. The molecule has 86 valence electrons. The van der Waals surface area contributed by atoms with Crippen LogP contribution in [0.3, 0.4) is 0 Å². The number of nitrogens with zero attached hydrogens (tertiary/aromatic N) is 1. The molecule has 0 spiro atoms. The molecule has 2 atom stereocenters. The molecule has 1 aliphatic carbocycles. The summed E-state index contributed by atoms with van der Waals surface area (Å²) >= 11 is 1.11. The van der Waals surface area contributed by atoms with Crippen molar-refractivity contribution in [2.75, 3.05) is 5.32 Å². The van der Waals surface area contributed by atoms with E-state index in [0.29, 0.717) is 17.1 Å². The van der Waals surface area contributed by atoms with Crippen LogP contribution in [0.4, 0.5) is 5.13 Å². The number of ketones is 1. The number of rotatable bonds is 4. The van der Waals surface area contributed by atoms with E-state index in [0.717, 1.165) is 17.8 Å². The van der Waals surface area contributed by atoms with Gasteiger partial charge in [0.15, 0.2) is 16.6 Å². The fraction of sp³-hybridized carbons (Fsp3) is 0.500. The van der Waals surface area contributed by atoms with Gasteiger partial charge in [0.1, 0.15) is 4.88 Å². The van der Waals surface area contributed by atoms with E-state index >= 15 is 0 Å². The summed E-state index contributed by atoms with van der Waals surface area (Å²) in [6.07, 6.45) is 1.07. The van der Waals surface area contributed by atoms with Gasteiger partial charge in [0.05, 0.1) is 0 Å². The van der Waals surface area contributed by atoms with Crippen LogP contribution in [-0.2, 0) is 0 Å². The van der Waals surface area contributed by atoms with E-state index in [4.69, 9.17) is 5.11 Å². The van der Waals surface area contributed by atoms with Crippen molar-refractivity contribution in [2.45, 2.75) is 26.3 Å². The third-order valence-corrected chi connectivity index (χ3v) is 3.66. The highest BCUT2D eigenvalue weighted by Crippen LogP contribution is 2.34. The summed E-state index contributed by atoms with van der Waals surface area (Å²) in [5.74, 6) is -0.817. The van der Waals surface area contributed by atoms with Gasteiger partial charge < -0.3 is 10.4 Å². The minimum atomic E-state index is -1.15. The highest BCUT2D eigenvalue weighted by atomic mass is 32.1. The first-order chi connectivity index (χ1) is 7.49. The first kappa shape index (κ1) is 11.1. The number of aromatic carboxylic acids is 1. The van der Waals surface area contributed by atoms with Crippen LogP contribution >= 0.6 is 11.3 Å². The Labute approximate surface area is 96.5 Å².